The second-order valence-electron chi connectivity index (χ2n) is 6.20. The Morgan fingerprint density at radius 3 is 1.96 bits per heavy atom. The van der Waals surface area contributed by atoms with Gasteiger partial charge in [-0.05, 0) is 38.8 Å². The standard InChI is InChI=1S/C20H22N2O3/c1-12-5-7-16(8-6-12)19(24)20(25)21-11-17(23)22-18-14(3)9-13(2)10-15(18)4/h5-10H,11H2,1-4H3,(H,21,25)(H,22,23). The number of ketones is 1. The van der Waals surface area contributed by atoms with Crippen molar-refractivity contribution in [2.24, 2.45) is 0 Å². The van der Waals surface area contributed by atoms with Gasteiger partial charge in [-0.2, -0.15) is 0 Å². The maximum atomic E-state index is 12.1. The number of rotatable bonds is 5. The zero-order valence-corrected chi connectivity index (χ0v) is 14.9. The number of carbonyl (C=O) groups excluding carboxylic acids is 3. The van der Waals surface area contributed by atoms with Gasteiger partial charge in [0.25, 0.3) is 5.91 Å². The van der Waals surface area contributed by atoms with Gasteiger partial charge >= 0.3 is 0 Å². The van der Waals surface area contributed by atoms with Crippen LogP contribution in [0.3, 0.4) is 0 Å². The van der Waals surface area contributed by atoms with E-state index in [0.29, 0.717) is 5.56 Å². The molecule has 130 valence electrons. The van der Waals surface area contributed by atoms with E-state index in [9.17, 15) is 14.4 Å². The Balaban J connectivity index is 1.94. The molecule has 0 aliphatic rings. The van der Waals surface area contributed by atoms with Gasteiger partial charge in [0.2, 0.25) is 11.7 Å². The summed E-state index contributed by atoms with van der Waals surface area (Å²) in [6.07, 6.45) is 0. The minimum absolute atomic E-state index is 0.261. The van der Waals surface area contributed by atoms with E-state index in [4.69, 9.17) is 0 Å². The van der Waals surface area contributed by atoms with E-state index in [-0.39, 0.29) is 12.5 Å². The largest absolute Gasteiger partial charge is 0.340 e. The average molecular weight is 338 g/mol. The van der Waals surface area contributed by atoms with Crippen LogP contribution in [0.5, 0.6) is 0 Å². The Bertz CT molecular complexity index is 800. The Kier molecular flexibility index (Phi) is 5.70. The molecule has 0 saturated carbocycles. The van der Waals surface area contributed by atoms with Gasteiger partial charge in [0.05, 0.1) is 6.54 Å². The van der Waals surface area contributed by atoms with E-state index < -0.39 is 11.7 Å². The van der Waals surface area contributed by atoms with Crippen LogP contribution in [-0.4, -0.2) is 24.1 Å². The first-order chi connectivity index (χ1) is 11.8. The van der Waals surface area contributed by atoms with Crippen molar-refractivity contribution in [3.63, 3.8) is 0 Å². The molecule has 2 amide bonds. The zero-order chi connectivity index (χ0) is 18.6. The van der Waals surface area contributed by atoms with Crippen molar-refractivity contribution in [1.29, 1.82) is 0 Å². The summed E-state index contributed by atoms with van der Waals surface area (Å²) in [7, 11) is 0. The maximum absolute atomic E-state index is 12.1. The monoisotopic (exact) mass is 338 g/mol. The van der Waals surface area contributed by atoms with Crippen LogP contribution in [0.2, 0.25) is 0 Å². The molecule has 0 aliphatic heterocycles. The first-order valence-electron chi connectivity index (χ1n) is 8.05. The van der Waals surface area contributed by atoms with Crippen LogP contribution >= 0.6 is 0 Å². The third kappa shape index (κ3) is 4.76. The molecule has 0 aromatic heterocycles. The number of aryl methyl sites for hydroxylation is 4. The van der Waals surface area contributed by atoms with Crippen LogP contribution in [0.1, 0.15) is 32.6 Å². The number of amides is 2. The van der Waals surface area contributed by atoms with E-state index in [1.165, 1.54) is 0 Å². The second kappa shape index (κ2) is 7.75. The highest BCUT2D eigenvalue weighted by atomic mass is 16.2. The predicted molar refractivity (Wildman–Crippen MR) is 97.8 cm³/mol. The quantitative estimate of drug-likeness (QED) is 0.650. The molecule has 2 rings (SSSR count). The lowest BCUT2D eigenvalue weighted by Gasteiger charge is -2.13. The fourth-order valence-corrected chi connectivity index (χ4v) is 2.64. The van der Waals surface area contributed by atoms with E-state index in [2.05, 4.69) is 10.6 Å². The predicted octanol–water partition coefficient (Wildman–Crippen LogP) is 2.86. The number of carbonyl (C=O) groups is 3. The Morgan fingerprint density at radius 1 is 0.840 bits per heavy atom. The summed E-state index contributed by atoms with van der Waals surface area (Å²) in [4.78, 5) is 36.0. The van der Waals surface area contributed by atoms with E-state index in [1.54, 1.807) is 24.3 Å². The first-order valence-corrected chi connectivity index (χ1v) is 8.05. The molecule has 2 aromatic rings. The molecule has 0 saturated heterocycles. The summed E-state index contributed by atoms with van der Waals surface area (Å²) >= 11 is 0. The van der Waals surface area contributed by atoms with Gasteiger partial charge < -0.3 is 10.6 Å². The molecular weight excluding hydrogens is 316 g/mol. The molecule has 5 heteroatoms. The average Bonchev–Trinajstić information content (AvgIpc) is 2.56. The lowest BCUT2D eigenvalue weighted by Crippen LogP contribution is -2.37. The second-order valence-corrected chi connectivity index (χ2v) is 6.20. The fraction of sp³-hybridized carbons (Fsp3) is 0.250. The third-order valence-electron chi connectivity index (χ3n) is 3.87. The van der Waals surface area contributed by atoms with Crippen molar-refractivity contribution >= 4 is 23.3 Å². The topological polar surface area (TPSA) is 75.3 Å². The molecule has 0 atom stereocenters. The van der Waals surface area contributed by atoms with Crippen molar-refractivity contribution in [1.82, 2.24) is 5.32 Å². The molecule has 0 fully saturated rings. The lowest BCUT2D eigenvalue weighted by molar-refractivity contribution is -0.121. The van der Waals surface area contributed by atoms with Crippen molar-refractivity contribution in [3.8, 4) is 0 Å². The summed E-state index contributed by atoms with van der Waals surface area (Å²) in [5, 5.41) is 5.15. The Labute approximate surface area is 147 Å². The molecule has 0 unspecified atom stereocenters. The van der Waals surface area contributed by atoms with Crippen molar-refractivity contribution in [2.45, 2.75) is 27.7 Å². The Hall–Kier alpha value is -2.95. The molecule has 0 radical (unpaired) electrons. The molecule has 2 N–H and O–H groups in total. The summed E-state index contributed by atoms with van der Waals surface area (Å²) in [5.41, 5.74) is 5.05. The summed E-state index contributed by atoms with van der Waals surface area (Å²) in [5.74, 6) is -1.83. The fourth-order valence-electron chi connectivity index (χ4n) is 2.64. The van der Waals surface area contributed by atoms with Crippen molar-refractivity contribution in [3.05, 3.63) is 64.2 Å². The van der Waals surface area contributed by atoms with Crippen LogP contribution in [0, 0.1) is 27.7 Å². The third-order valence-corrected chi connectivity index (χ3v) is 3.87. The van der Waals surface area contributed by atoms with Crippen LogP contribution in [0.4, 0.5) is 5.69 Å². The lowest BCUT2D eigenvalue weighted by atomic mass is 10.1. The molecule has 0 spiro atoms. The molecule has 0 bridgehead atoms. The van der Waals surface area contributed by atoms with Gasteiger partial charge in [-0.3, -0.25) is 14.4 Å². The van der Waals surface area contributed by atoms with Crippen LogP contribution in [-0.2, 0) is 9.59 Å². The minimum Gasteiger partial charge on any atom is -0.340 e. The maximum Gasteiger partial charge on any atom is 0.292 e. The number of hydrogen-bond donors (Lipinski definition) is 2. The number of nitrogens with one attached hydrogen (secondary N) is 2. The number of benzene rings is 2. The summed E-state index contributed by atoms with van der Waals surface area (Å²) in [6.45, 7) is 7.45. The smallest absolute Gasteiger partial charge is 0.292 e. The van der Waals surface area contributed by atoms with Gasteiger partial charge in [-0.1, -0.05) is 47.5 Å². The SMILES string of the molecule is Cc1ccc(C(=O)C(=O)NCC(=O)Nc2c(C)cc(C)cc2C)cc1. The summed E-state index contributed by atoms with van der Waals surface area (Å²) < 4.78 is 0. The Morgan fingerprint density at radius 2 is 1.40 bits per heavy atom. The highest BCUT2D eigenvalue weighted by molar-refractivity contribution is 6.43. The van der Waals surface area contributed by atoms with Crippen molar-refractivity contribution < 1.29 is 14.4 Å². The van der Waals surface area contributed by atoms with Gasteiger partial charge in [0.1, 0.15) is 0 Å². The zero-order valence-electron chi connectivity index (χ0n) is 14.9. The normalized spacial score (nSPS) is 10.2. The van der Waals surface area contributed by atoms with Crippen LogP contribution < -0.4 is 10.6 Å². The van der Waals surface area contributed by atoms with Crippen LogP contribution in [0.15, 0.2) is 36.4 Å². The molecule has 5 nitrogen and oxygen atoms in total. The first kappa shape index (κ1) is 18.4. The number of anilines is 1. The molecule has 0 heterocycles. The molecular formula is C20H22N2O3. The summed E-state index contributed by atoms with van der Waals surface area (Å²) in [6, 6.07) is 10.7. The van der Waals surface area contributed by atoms with Gasteiger partial charge in [-0.25, -0.2) is 0 Å². The van der Waals surface area contributed by atoms with E-state index in [0.717, 1.165) is 27.9 Å². The number of Topliss-reactive ketones (excluding diaryl/α,β-unsaturated/α-hetero) is 1. The van der Waals surface area contributed by atoms with Crippen LogP contribution in [0.25, 0.3) is 0 Å². The van der Waals surface area contributed by atoms with E-state index >= 15 is 0 Å². The van der Waals surface area contributed by atoms with Gasteiger partial charge in [0, 0.05) is 11.3 Å². The number of hydrogen-bond acceptors (Lipinski definition) is 3. The van der Waals surface area contributed by atoms with E-state index in [1.807, 2.05) is 39.8 Å². The minimum atomic E-state index is -0.795. The molecule has 2 aromatic carbocycles. The van der Waals surface area contributed by atoms with Gasteiger partial charge in [-0.15, -0.1) is 0 Å². The van der Waals surface area contributed by atoms with Gasteiger partial charge in [0.15, 0.2) is 0 Å². The highest BCUT2D eigenvalue weighted by Crippen LogP contribution is 2.21. The molecule has 0 aliphatic carbocycles. The highest BCUT2D eigenvalue weighted by Gasteiger charge is 2.17. The molecule has 25 heavy (non-hydrogen) atoms. The van der Waals surface area contributed by atoms with Crippen molar-refractivity contribution in [2.75, 3.05) is 11.9 Å².